The van der Waals surface area contributed by atoms with Crippen LogP contribution < -0.4 is 9.64 Å². The third kappa shape index (κ3) is 4.80. The monoisotopic (exact) mass is 404 g/mol. The molecule has 1 aromatic carbocycles. The van der Waals surface area contributed by atoms with Gasteiger partial charge in [0.15, 0.2) is 0 Å². The molecule has 0 fully saturated rings. The Morgan fingerprint density at radius 2 is 2.07 bits per heavy atom. The van der Waals surface area contributed by atoms with Crippen molar-refractivity contribution >= 4 is 17.7 Å². The Balaban J connectivity index is 2.02. The minimum atomic E-state index is -1.15. The molecule has 1 unspecified atom stereocenters. The molecule has 154 valence electrons. The van der Waals surface area contributed by atoms with Crippen molar-refractivity contribution in [2.45, 2.75) is 26.0 Å². The Kier molecular flexibility index (Phi) is 6.28. The molecule has 1 aromatic heterocycles. The lowest BCUT2D eigenvalue weighted by Crippen LogP contribution is -2.49. The molecule has 29 heavy (non-hydrogen) atoms. The maximum atomic E-state index is 13.2. The third-order valence-electron chi connectivity index (χ3n) is 4.46. The van der Waals surface area contributed by atoms with E-state index in [2.05, 4.69) is 4.98 Å². The number of hydrogen-bond acceptors (Lipinski definition) is 6. The Morgan fingerprint density at radius 3 is 2.69 bits per heavy atom. The summed E-state index contributed by atoms with van der Waals surface area (Å²) in [7, 11) is 1.48. The van der Waals surface area contributed by atoms with Crippen LogP contribution >= 0.6 is 0 Å². The molecule has 0 saturated heterocycles. The summed E-state index contributed by atoms with van der Waals surface area (Å²) < 4.78 is 29.1. The second-order valence-corrected chi connectivity index (χ2v) is 6.57. The summed E-state index contributed by atoms with van der Waals surface area (Å²) in [5.74, 6) is -0.680. The van der Waals surface area contributed by atoms with E-state index in [1.807, 2.05) is 0 Å². The number of carbonyl (C=O) groups is 2. The van der Waals surface area contributed by atoms with E-state index in [9.17, 15) is 19.1 Å². The molecule has 8 nitrogen and oxygen atoms in total. The van der Waals surface area contributed by atoms with Crippen molar-refractivity contribution in [2.75, 3.05) is 25.2 Å². The number of aromatic nitrogens is 1. The number of amides is 1. The molecule has 3 rings (SSSR count). The highest BCUT2D eigenvalue weighted by atomic mass is 19.1. The van der Waals surface area contributed by atoms with E-state index >= 15 is 0 Å². The molecule has 0 spiro atoms. The van der Waals surface area contributed by atoms with E-state index in [0.29, 0.717) is 17.7 Å². The smallest absolute Gasteiger partial charge is 0.412 e. The quantitative estimate of drug-likeness (QED) is 0.739. The van der Waals surface area contributed by atoms with E-state index in [4.69, 9.17) is 14.2 Å². The summed E-state index contributed by atoms with van der Waals surface area (Å²) >= 11 is 0. The van der Waals surface area contributed by atoms with Crippen LogP contribution in [-0.2, 0) is 27.3 Å². The Labute approximate surface area is 166 Å². The molecule has 0 radical (unpaired) electrons. The third-order valence-corrected chi connectivity index (χ3v) is 4.46. The number of halogens is 1. The van der Waals surface area contributed by atoms with Crippen molar-refractivity contribution in [3.8, 4) is 5.88 Å². The molecule has 1 N–H and O–H groups in total. The van der Waals surface area contributed by atoms with Gasteiger partial charge in [0.2, 0.25) is 5.88 Å². The van der Waals surface area contributed by atoms with Gasteiger partial charge in [-0.3, -0.25) is 9.69 Å². The van der Waals surface area contributed by atoms with Gasteiger partial charge in [-0.05, 0) is 35.7 Å². The SMILES string of the molecule is COCC1COc2nc(COC(C)=O)c(Cc3ccc(F)cc3)cc2N1C(=O)O. The number of benzene rings is 1. The van der Waals surface area contributed by atoms with Gasteiger partial charge in [-0.1, -0.05) is 12.1 Å². The van der Waals surface area contributed by atoms with Crippen molar-refractivity contribution < 1.29 is 33.3 Å². The van der Waals surface area contributed by atoms with Crippen LogP contribution in [0.4, 0.5) is 14.9 Å². The van der Waals surface area contributed by atoms with Crippen molar-refractivity contribution in [1.29, 1.82) is 0 Å². The number of ether oxygens (including phenoxy) is 3. The first-order valence-corrected chi connectivity index (χ1v) is 8.93. The van der Waals surface area contributed by atoms with Crippen LogP contribution in [0.15, 0.2) is 30.3 Å². The molecule has 2 aromatic rings. The van der Waals surface area contributed by atoms with Crippen molar-refractivity contribution in [2.24, 2.45) is 0 Å². The number of carboxylic acid groups (broad SMARTS) is 1. The van der Waals surface area contributed by atoms with Crippen LogP contribution in [0, 0.1) is 5.82 Å². The van der Waals surface area contributed by atoms with Crippen LogP contribution in [0.25, 0.3) is 0 Å². The lowest BCUT2D eigenvalue weighted by Gasteiger charge is -2.34. The Bertz CT molecular complexity index is 903. The first-order valence-electron chi connectivity index (χ1n) is 8.93. The molecule has 1 aliphatic heterocycles. The topological polar surface area (TPSA) is 98.2 Å². The lowest BCUT2D eigenvalue weighted by atomic mass is 10.0. The maximum Gasteiger partial charge on any atom is 0.412 e. The molecule has 1 atom stereocenters. The number of esters is 1. The maximum absolute atomic E-state index is 13.2. The molecule has 0 aliphatic carbocycles. The van der Waals surface area contributed by atoms with Gasteiger partial charge in [-0.2, -0.15) is 0 Å². The molecule has 0 saturated carbocycles. The molecule has 9 heteroatoms. The van der Waals surface area contributed by atoms with Gasteiger partial charge in [0.1, 0.15) is 24.7 Å². The summed E-state index contributed by atoms with van der Waals surface area (Å²) in [4.78, 5) is 28.7. The first kappa shape index (κ1) is 20.5. The molecule has 0 bridgehead atoms. The van der Waals surface area contributed by atoms with Crippen LogP contribution in [0.5, 0.6) is 5.88 Å². The van der Waals surface area contributed by atoms with Crippen LogP contribution in [0.2, 0.25) is 0 Å². The fraction of sp³-hybridized carbons (Fsp3) is 0.350. The average molecular weight is 404 g/mol. The largest absolute Gasteiger partial charge is 0.474 e. The molecule has 2 heterocycles. The summed E-state index contributed by atoms with van der Waals surface area (Å²) in [5.41, 5.74) is 2.17. The first-order chi connectivity index (χ1) is 13.9. The highest BCUT2D eigenvalue weighted by Gasteiger charge is 2.34. The molecular weight excluding hydrogens is 383 g/mol. The van der Waals surface area contributed by atoms with E-state index < -0.39 is 18.1 Å². The van der Waals surface area contributed by atoms with Gasteiger partial charge in [0.25, 0.3) is 0 Å². The van der Waals surface area contributed by atoms with Gasteiger partial charge >= 0.3 is 12.1 Å². The van der Waals surface area contributed by atoms with Crippen molar-refractivity contribution in [1.82, 2.24) is 4.98 Å². The van der Waals surface area contributed by atoms with Gasteiger partial charge in [0.05, 0.1) is 18.3 Å². The lowest BCUT2D eigenvalue weighted by molar-refractivity contribution is -0.142. The van der Waals surface area contributed by atoms with Crippen molar-refractivity contribution in [3.05, 3.63) is 53.0 Å². The van der Waals surface area contributed by atoms with Crippen molar-refractivity contribution in [3.63, 3.8) is 0 Å². The Hall–Kier alpha value is -3.20. The molecular formula is C20H21FN2O6. The normalized spacial score (nSPS) is 15.4. The minimum Gasteiger partial charge on any atom is -0.474 e. The zero-order valence-corrected chi connectivity index (χ0v) is 16.1. The number of hydrogen-bond donors (Lipinski definition) is 1. The fourth-order valence-electron chi connectivity index (χ4n) is 3.13. The Morgan fingerprint density at radius 1 is 1.34 bits per heavy atom. The van der Waals surface area contributed by atoms with Crippen LogP contribution in [0.1, 0.15) is 23.7 Å². The minimum absolute atomic E-state index is 0.0862. The van der Waals surface area contributed by atoms with E-state index in [-0.39, 0.29) is 37.2 Å². The predicted octanol–water partition coefficient (Wildman–Crippen LogP) is 2.77. The van der Waals surface area contributed by atoms with Gasteiger partial charge in [-0.15, -0.1) is 0 Å². The number of rotatable bonds is 6. The van der Waals surface area contributed by atoms with Crippen LogP contribution in [0.3, 0.4) is 0 Å². The summed E-state index contributed by atoms with van der Waals surface area (Å²) in [6.07, 6.45) is -0.807. The molecule has 1 aliphatic rings. The van der Waals surface area contributed by atoms with E-state index in [1.54, 1.807) is 18.2 Å². The summed E-state index contributed by atoms with van der Waals surface area (Å²) in [5, 5.41) is 9.71. The van der Waals surface area contributed by atoms with Gasteiger partial charge < -0.3 is 19.3 Å². The number of nitrogens with zero attached hydrogens (tertiary/aromatic N) is 2. The number of fused-ring (bicyclic) bond motifs is 1. The van der Waals surface area contributed by atoms with Gasteiger partial charge in [0, 0.05) is 14.0 Å². The number of methoxy groups -OCH3 is 1. The van der Waals surface area contributed by atoms with E-state index in [0.717, 1.165) is 5.56 Å². The highest BCUT2D eigenvalue weighted by molar-refractivity contribution is 5.89. The average Bonchev–Trinajstić information content (AvgIpc) is 2.68. The fourth-order valence-corrected chi connectivity index (χ4v) is 3.13. The van der Waals surface area contributed by atoms with Crippen LogP contribution in [-0.4, -0.2) is 48.5 Å². The highest BCUT2D eigenvalue weighted by Crippen LogP contribution is 2.35. The number of carbonyl (C=O) groups excluding carboxylic acids is 1. The van der Waals surface area contributed by atoms with E-state index in [1.165, 1.54) is 31.1 Å². The number of pyridine rings is 1. The second-order valence-electron chi connectivity index (χ2n) is 6.57. The molecule has 1 amide bonds. The second kappa shape index (κ2) is 8.87. The van der Waals surface area contributed by atoms with Gasteiger partial charge in [-0.25, -0.2) is 14.2 Å². The zero-order chi connectivity index (χ0) is 21.0. The predicted molar refractivity (Wildman–Crippen MR) is 101 cm³/mol. The summed E-state index contributed by atoms with van der Waals surface area (Å²) in [6.45, 7) is 1.45. The number of anilines is 1. The standard InChI is InChI=1S/C20H21FN2O6/c1-12(24)28-11-17-14(7-13-3-5-15(21)6-4-13)8-18-19(22-17)29-10-16(9-27-2)23(18)20(25)26/h3-6,8,16H,7,9-11H2,1-2H3,(H,25,26). The summed E-state index contributed by atoms with van der Waals surface area (Å²) in [6, 6.07) is 7.07. The zero-order valence-electron chi connectivity index (χ0n) is 16.1.